The number of hydrogen-bond acceptors (Lipinski definition) is 3. The first-order valence-electron chi connectivity index (χ1n) is 7.06. The molecule has 0 aliphatic heterocycles. The molecule has 1 aromatic carbocycles. The van der Waals surface area contributed by atoms with E-state index in [1.165, 1.54) is 0 Å². The van der Waals surface area contributed by atoms with Crippen molar-refractivity contribution >= 4 is 11.6 Å². The Morgan fingerprint density at radius 3 is 2.76 bits per heavy atom. The second-order valence-electron chi connectivity index (χ2n) is 6.02. The van der Waals surface area contributed by atoms with Gasteiger partial charge in [0.1, 0.15) is 12.4 Å². The van der Waals surface area contributed by atoms with Gasteiger partial charge in [0.15, 0.2) is 0 Å². The van der Waals surface area contributed by atoms with Gasteiger partial charge in [0.05, 0.1) is 17.9 Å². The average molecular weight is 308 g/mol. The maximum absolute atomic E-state index is 6.27. The second-order valence-corrected chi connectivity index (χ2v) is 6.42. The van der Waals surface area contributed by atoms with Gasteiger partial charge in [-0.05, 0) is 38.5 Å². The molecule has 0 bridgehead atoms. The van der Waals surface area contributed by atoms with Gasteiger partial charge in [0.2, 0.25) is 0 Å². The predicted molar refractivity (Wildman–Crippen MR) is 85.8 cm³/mol. The lowest BCUT2D eigenvalue weighted by atomic mass is 10.1. The molecule has 0 radical (unpaired) electrons. The van der Waals surface area contributed by atoms with Crippen molar-refractivity contribution in [2.45, 2.75) is 39.4 Å². The summed E-state index contributed by atoms with van der Waals surface area (Å²) in [4.78, 5) is 3.99. The van der Waals surface area contributed by atoms with Crippen molar-refractivity contribution in [1.29, 1.82) is 0 Å². The molecule has 0 saturated heterocycles. The van der Waals surface area contributed by atoms with Crippen molar-refractivity contribution in [3.05, 3.63) is 47.5 Å². The molecule has 114 valence electrons. The molecule has 1 N–H and O–H groups in total. The van der Waals surface area contributed by atoms with E-state index in [2.05, 4.69) is 31.1 Å². The lowest BCUT2D eigenvalue weighted by molar-refractivity contribution is 0.298. The number of nitrogens with one attached hydrogen (secondary N) is 1. The summed E-state index contributed by atoms with van der Waals surface area (Å²) in [7, 11) is 0. The third-order valence-electron chi connectivity index (χ3n) is 2.99. The molecule has 0 saturated carbocycles. The third kappa shape index (κ3) is 5.40. The molecule has 2 aromatic rings. The van der Waals surface area contributed by atoms with E-state index < -0.39 is 0 Å². The summed E-state index contributed by atoms with van der Waals surface area (Å²) < 4.78 is 7.68. The Kier molecular flexibility index (Phi) is 5.26. The highest BCUT2D eigenvalue weighted by molar-refractivity contribution is 6.32. The molecule has 2 rings (SSSR count). The predicted octanol–water partition coefficient (Wildman–Crippen LogP) is 3.50. The molecule has 21 heavy (non-hydrogen) atoms. The zero-order chi connectivity index (χ0) is 15.3. The summed E-state index contributed by atoms with van der Waals surface area (Å²) in [5.41, 5.74) is 1.24. The van der Waals surface area contributed by atoms with Gasteiger partial charge in [0, 0.05) is 24.5 Å². The number of imidazole rings is 1. The molecular formula is C16H22ClN3O. The fourth-order valence-electron chi connectivity index (χ4n) is 1.82. The molecule has 0 aliphatic rings. The minimum absolute atomic E-state index is 0.0897. The van der Waals surface area contributed by atoms with Crippen molar-refractivity contribution in [2.75, 3.05) is 6.61 Å². The van der Waals surface area contributed by atoms with Crippen molar-refractivity contribution in [3.8, 4) is 5.75 Å². The fourth-order valence-corrected chi connectivity index (χ4v) is 2.08. The first-order chi connectivity index (χ1) is 9.94. The van der Waals surface area contributed by atoms with Crippen LogP contribution >= 0.6 is 11.6 Å². The van der Waals surface area contributed by atoms with Crippen LogP contribution < -0.4 is 10.1 Å². The zero-order valence-corrected chi connectivity index (χ0v) is 13.5. The van der Waals surface area contributed by atoms with Gasteiger partial charge in [-0.15, -0.1) is 0 Å². The number of rotatable bonds is 6. The summed E-state index contributed by atoms with van der Waals surface area (Å²) in [5.74, 6) is 0.719. The number of halogens is 1. The number of ether oxygens (including phenoxy) is 1. The summed E-state index contributed by atoms with van der Waals surface area (Å²) in [6.07, 6.45) is 5.43. The Bertz CT molecular complexity index is 561. The average Bonchev–Trinajstić information content (AvgIpc) is 2.91. The van der Waals surface area contributed by atoms with E-state index in [-0.39, 0.29) is 5.54 Å². The van der Waals surface area contributed by atoms with Crippen LogP contribution in [-0.2, 0) is 13.1 Å². The molecule has 0 amide bonds. The highest BCUT2D eigenvalue weighted by Gasteiger charge is 2.09. The second kappa shape index (κ2) is 6.96. The number of aromatic nitrogens is 2. The minimum atomic E-state index is 0.0897. The van der Waals surface area contributed by atoms with E-state index in [0.717, 1.165) is 24.4 Å². The Balaban J connectivity index is 1.86. The summed E-state index contributed by atoms with van der Waals surface area (Å²) in [6.45, 7) is 8.53. The van der Waals surface area contributed by atoms with Crippen LogP contribution in [0.4, 0.5) is 0 Å². The highest BCUT2D eigenvalue weighted by Crippen LogP contribution is 2.25. The van der Waals surface area contributed by atoms with E-state index in [0.29, 0.717) is 11.6 Å². The quantitative estimate of drug-likeness (QED) is 0.887. The van der Waals surface area contributed by atoms with Crippen LogP contribution in [0.5, 0.6) is 5.75 Å². The van der Waals surface area contributed by atoms with Crippen LogP contribution in [-0.4, -0.2) is 21.7 Å². The summed E-state index contributed by atoms with van der Waals surface area (Å²) in [5, 5.41) is 4.08. The Morgan fingerprint density at radius 2 is 2.14 bits per heavy atom. The van der Waals surface area contributed by atoms with Crippen molar-refractivity contribution in [1.82, 2.24) is 14.9 Å². The molecule has 0 unspecified atom stereocenters. The van der Waals surface area contributed by atoms with E-state index in [1.54, 1.807) is 12.5 Å². The third-order valence-corrected chi connectivity index (χ3v) is 3.28. The molecule has 0 atom stereocenters. The highest BCUT2D eigenvalue weighted by atomic mass is 35.5. The Morgan fingerprint density at radius 1 is 1.33 bits per heavy atom. The fraction of sp³-hybridized carbons (Fsp3) is 0.438. The maximum Gasteiger partial charge on any atom is 0.137 e. The van der Waals surface area contributed by atoms with E-state index >= 15 is 0 Å². The van der Waals surface area contributed by atoms with Gasteiger partial charge in [-0.1, -0.05) is 17.7 Å². The SMILES string of the molecule is CC(C)(C)NCc1ccc(OCCn2ccnc2)c(Cl)c1. The Labute approximate surface area is 131 Å². The number of benzene rings is 1. The summed E-state index contributed by atoms with van der Waals surface area (Å²) in [6, 6.07) is 5.92. The lowest BCUT2D eigenvalue weighted by Crippen LogP contribution is -2.35. The topological polar surface area (TPSA) is 39.1 Å². The van der Waals surface area contributed by atoms with Crippen LogP contribution in [0.2, 0.25) is 5.02 Å². The molecule has 0 aliphatic carbocycles. The molecule has 4 nitrogen and oxygen atoms in total. The van der Waals surface area contributed by atoms with Crippen LogP contribution in [0.15, 0.2) is 36.9 Å². The number of nitrogens with zero attached hydrogens (tertiary/aromatic N) is 2. The van der Waals surface area contributed by atoms with Crippen molar-refractivity contribution in [3.63, 3.8) is 0 Å². The molecule has 0 fully saturated rings. The molecular weight excluding hydrogens is 286 g/mol. The van der Waals surface area contributed by atoms with Crippen molar-refractivity contribution < 1.29 is 4.74 Å². The Hall–Kier alpha value is -1.52. The monoisotopic (exact) mass is 307 g/mol. The first kappa shape index (κ1) is 15.9. The molecule has 1 aromatic heterocycles. The van der Waals surface area contributed by atoms with Gasteiger partial charge in [-0.25, -0.2) is 4.98 Å². The largest absolute Gasteiger partial charge is 0.490 e. The van der Waals surface area contributed by atoms with Gasteiger partial charge >= 0.3 is 0 Å². The van der Waals surface area contributed by atoms with Gasteiger partial charge in [0.25, 0.3) is 0 Å². The minimum Gasteiger partial charge on any atom is -0.490 e. The van der Waals surface area contributed by atoms with Crippen LogP contribution in [0.3, 0.4) is 0 Å². The zero-order valence-electron chi connectivity index (χ0n) is 12.8. The van der Waals surface area contributed by atoms with Crippen LogP contribution in [0.25, 0.3) is 0 Å². The molecule has 1 heterocycles. The van der Waals surface area contributed by atoms with Gasteiger partial charge in [-0.2, -0.15) is 0 Å². The van der Waals surface area contributed by atoms with Crippen LogP contribution in [0, 0.1) is 0 Å². The van der Waals surface area contributed by atoms with Gasteiger partial charge in [-0.3, -0.25) is 0 Å². The standard InChI is InChI=1S/C16H22ClN3O/c1-16(2,3)19-11-13-4-5-15(14(17)10-13)21-9-8-20-7-6-18-12-20/h4-7,10,12,19H,8-9,11H2,1-3H3. The van der Waals surface area contributed by atoms with E-state index in [9.17, 15) is 0 Å². The molecule has 5 heteroatoms. The lowest BCUT2D eigenvalue weighted by Gasteiger charge is -2.20. The first-order valence-corrected chi connectivity index (χ1v) is 7.44. The summed E-state index contributed by atoms with van der Waals surface area (Å²) >= 11 is 6.27. The van der Waals surface area contributed by atoms with Crippen LogP contribution in [0.1, 0.15) is 26.3 Å². The van der Waals surface area contributed by atoms with E-state index in [1.807, 2.05) is 29.0 Å². The van der Waals surface area contributed by atoms with Gasteiger partial charge < -0.3 is 14.6 Å². The molecule has 0 spiro atoms. The smallest absolute Gasteiger partial charge is 0.137 e. The van der Waals surface area contributed by atoms with Crippen molar-refractivity contribution in [2.24, 2.45) is 0 Å². The normalized spacial score (nSPS) is 11.6. The maximum atomic E-state index is 6.27. The number of hydrogen-bond donors (Lipinski definition) is 1. The van der Waals surface area contributed by atoms with E-state index in [4.69, 9.17) is 16.3 Å².